The van der Waals surface area contributed by atoms with E-state index < -0.39 is 6.16 Å². The Morgan fingerprint density at radius 1 is 1.75 bits per heavy atom. The molecule has 1 atom stereocenters. The third-order valence-electron chi connectivity index (χ3n) is 1.81. The standard InChI is InChI=1S/C7H11NO4/c9-6-2-1-5(3-8-6)4-12-7(10)11/h5H,1-4H2,(H,8,9)(H,10,11). The summed E-state index contributed by atoms with van der Waals surface area (Å²) in [7, 11) is 0. The molecule has 0 aliphatic carbocycles. The predicted octanol–water partition coefficient (Wildman–Crippen LogP) is 0.207. The van der Waals surface area contributed by atoms with Crippen molar-refractivity contribution in [3.05, 3.63) is 0 Å². The Morgan fingerprint density at radius 2 is 2.50 bits per heavy atom. The highest BCUT2D eigenvalue weighted by Gasteiger charge is 2.18. The van der Waals surface area contributed by atoms with E-state index >= 15 is 0 Å². The number of carbonyl (C=O) groups is 2. The number of rotatable bonds is 2. The van der Waals surface area contributed by atoms with Crippen molar-refractivity contribution in [1.82, 2.24) is 5.32 Å². The Labute approximate surface area is 69.7 Å². The Morgan fingerprint density at radius 3 is 3.00 bits per heavy atom. The lowest BCUT2D eigenvalue weighted by atomic mass is 10.0. The first-order valence-electron chi connectivity index (χ1n) is 3.81. The lowest BCUT2D eigenvalue weighted by Gasteiger charge is -2.20. The minimum atomic E-state index is -1.26. The van der Waals surface area contributed by atoms with Crippen molar-refractivity contribution < 1.29 is 19.4 Å². The van der Waals surface area contributed by atoms with Crippen LogP contribution in [0, 0.1) is 5.92 Å². The number of carboxylic acid groups (broad SMARTS) is 1. The highest BCUT2D eigenvalue weighted by molar-refractivity contribution is 5.76. The maximum absolute atomic E-state index is 10.7. The van der Waals surface area contributed by atoms with Crippen LogP contribution in [-0.2, 0) is 9.53 Å². The van der Waals surface area contributed by atoms with E-state index in [0.717, 1.165) is 0 Å². The average molecular weight is 173 g/mol. The van der Waals surface area contributed by atoms with Gasteiger partial charge in [0.25, 0.3) is 0 Å². The predicted molar refractivity (Wildman–Crippen MR) is 39.7 cm³/mol. The van der Waals surface area contributed by atoms with Crippen molar-refractivity contribution in [3.63, 3.8) is 0 Å². The number of amides is 1. The van der Waals surface area contributed by atoms with Crippen molar-refractivity contribution in [1.29, 1.82) is 0 Å². The van der Waals surface area contributed by atoms with E-state index in [4.69, 9.17) is 5.11 Å². The molecule has 1 heterocycles. The van der Waals surface area contributed by atoms with Crippen LogP contribution in [0.4, 0.5) is 4.79 Å². The second-order valence-corrected chi connectivity index (χ2v) is 2.79. The maximum Gasteiger partial charge on any atom is 0.505 e. The minimum Gasteiger partial charge on any atom is -0.450 e. The van der Waals surface area contributed by atoms with Crippen molar-refractivity contribution in [2.24, 2.45) is 5.92 Å². The van der Waals surface area contributed by atoms with Crippen molar-refractivity contribution >= 4 is 12.1 Å². The second-order valence-electron chi connectivity index (χ2n) is 2.79. The largest absolute Gasteiger partial charge is 0.505 e. The molecule has 0 aromatic rings. The number of hydrogen-bond acceptors (Lipinski definition) is 3. The van der Waals surface area contributed by atoms with Crippen molar-refractivity contribution in [3.8, 4) is 0 Å². The molecular weight excluding hydrogens is 162 g/mol. The zero-order chi connectivity index (χ0) is 8.97. The SMILES string of the molecule is O=C1CCC(COC(=O)O)CN1. The van der Waals surface area contributed by atoms with Gasteiger partial charge in [0.2, 0.25) is 5.91 Å². The molecule has 68 valence electrons. The first-order valence-corrected chi connectivity index (χ1v) is 3.81. The molecule has 1 aliphatic heterocycles. The summed E-state index contributed by atoms with van der Waals surface area (Å²) in [4.78, 5) is 20.7. The molecule has 1 rings (SSSR count). The first kappa shape index (κ1) is 8.83. The fourth-order valence-corrected chi connectivity index (χ4v) is 1.12. The zero-order valence-corrected chi connectivity index (χ0v) is 6.58. The Balaban J connectivity index is 2.17. The van der Waals surface area contributed by atoms with Crippen LogP contribution in [0.15, 0.2) is 0 Å². The molecule has 5 nitrogen and oxygen atoms in total. The zero-order valence-electron chi connectivity index (χ0n) is 6.58. The third kappa shape index (κ3) is 2.77. The number of nitrogens with one attached hydrogen (secondary N) is 1. The lowest BCUT2D eigenvalue weighted by molar-refractivity contribution is -0.123. The normalized spacial score (nSPS) is 23.0. The summed E-state index contributed by atoms with van der Waals surface area (Å²) in [5.41, 5.74) is 0. The van der Waals surface area contributed by atoms with Gasteiger partial charge in [0.1, 0.15) is 0 Å². The van der Waals surface area contributed by atoms with Crippen LogP contribution in [0.1, 0.15) is 12.8 Å². The molecule has 0 spiro atoms. The Hall–Kier alpha value is -1.26. The summed E-state index contributed by atoms with van der Waals surface area (Å²) in [5.74, 6) is 0.167. The van der Waals surface area contributed by atoms with Gasteiger partial charge in [0, 0.05) is 18.9 Å². The molecule has 12 heavy (non-hydrogen) atoms. The fraction of sp³-hybridized carbons (Fsp3) is 0.714. The van der Waals surface area contributed by atoms with E-state index in [1.165, 1.54) is 0 Å². The van der Waals surface area contributed by atoms with Gasteiger partial charge in [0.05, 0.1) is 6.61 Å². The fourth-order valence-electron chi connectivity index (χ4n) is 1.12. The first-order chi connectivity index (χ1) is 5.68. The third-order valence-corrected chi connectivity index (χ3v) is 1.81. The van der Waals surface area contributed by atoms with Gasteiger partial charge in [-0.15, -0.1) is 0 Å². The number of piperidine rings is 1. The van der Waals surface area contributed by atoms with Crippen LogP contribution >= 0.6 is 0 Å². The lowest BCUT2D eigenvalue weighted by Crippen LogP contribution is -2.37. The monoisotopic (exact) mass is 173 g/mol. The average Bonchev–Trinajstić information content (AvgIpc) is 2.03. The summed E-state index contributed by atoms with van der Waals surface area (Å²) in [6, 6.07) is 0. The Kier molecular flexibility index (Phi) is 2.90. The summed E-state index contributed by atoms with van der Waals surface area (Å²) in [6.45, 7) is 0.696. The van der Waals surface area contributed by atoms with E-state index in [0.29, 0.717) is 19.4 Å². The molecule has 0 aromatic heterocycles. The smallest absolute Gasteiger partial charge is 0.450 e. The molecule has 0 bridgehead atoms. The molecule has 5 heteroatoms. The van der Waals surface area contributed by atoms with Gasteiger partial charge in [-0.2, -0.15) is 0 Å². The molecule has 1 amide bonds. The van der Waals surface area contributed by atoms with Crippen LogP contribution in [0.5, 0.6) is 0 Å². The maximum atomic E-state index is 10.7. The van der Waals surface area contributed by atoms with Crippen LogP contribution in [0.25, 0.3) is 0 Å². The topological polar surface area (TPSA) is 75.6 Å². The molecule has 0 radical (unpaired) electrons. The summed E-state index contributed by atoms with van der Waals surface area (Å²) in [6.07, 6.45) is -0.0841. The summed E-state index contributed by atoms with van der Waals surface area (Å²) in [5, 5.41) is 10.8. The van der Waals surface area contributed by atoms with E-state index in [2.05, 4.69) is 10.1 Å². The molecule has 1 unspecified atom stereocenters. The van der Waals surface area contributed by atoms with E-state index in [1.807, 2.05) is 0 Å². The van der Waals surface area contributed by atoms with E-state index in [9.17, 15) is 9.59 Å². The van der Waals surface area contributed by atoms with Crippen molar-refractivity contribution in [2.45, 2.75) is 12.8 Å². The molecule has 2 N–H and O–H groups in total. The second kappa shape index (κ2) is 3.94. The van der Waals surface area contributed by atoms with Gasteiger partial charge in [-0.25, -0.2) is 4.79 Å². The molecule has 1 saturated heterocycles. The molecule has 0 saturated carbocycles. The van der Waals surface area contributed by atoms with Gasteiger partial charge < -0.3 is 15.2 Å². The number of hydrogen-bond donors (Lipinski definition) is 2. The molecule has 1 aliphatic rings. The van der Waals surface area contributed by atoms with Crippen LogP contribution < -0.4 is 5.32 Å². The van der Waals surface area contributed by atoms with E-state index in [1.54, 1.807) is 0 Å². The minimum absolute atomic E-state index is 0.0292. The van der Waals surface area contributed by atoms with Gasteiger partial charge in [-0.05, 0) is 6.42 Å². The van der Waals surface area contributed by atoms with Gasteiger partial charge in [0.15, 0.2) is 0 Å². The number of ether oxygens (including phenoxy) is 1. The highest BCUT2D eigenvalue weighted by atomic mass is 16.7. The van der Waals surface area contributed by atoms with Crippen LogP contribution in [0.2, 0.25) is 0 Å². The Bertz CT molecular complexity index is 182. The van der Waals surface area contributed by atoms with Crippen LogP contribution in [-0.4, -0.2) is 30.3 Å². The highest BCUT2D eigenvalue weighted by Crippen LogP contribution is 2.10. The van der Waals surface area contributed by atoms with Gasteiger partial charge >= 0.3 is 6.16 Å². The molecule has 0 aromatic carbocycles. The van der Waals surface area contributed by atoms with E-state index in [-0.39, 0.29) is 18.4 Å². The number of carbonyl (C=O) groups excluding carboxylic acids is 1. The summed E-state index contributed by atoms with van der Waals surface area (Å²) < 4.78 is 4.38. The van der Waals surface area contributed by atoms with Crippen molar-refractivity contribution in [2.75, 3.05) is 13.2 Å². The molecule has 1 fully saturated rings. The van der Waals surface area contributed by atoms with Gasteiger partial charge in [-0.1, -0.05) is 0 Å². The summed E-state index contributed by atoms with van der Waals surface area (Å²) >= 11 is 0. The quantitative estimate of drug-likeness (QED) is 0.585. The van der Waals surface area contributed by atoms with Crippen LogP contribution in [0.3, 0.4) is 0 Å². The van der Waals surface area contributed by atoms with Gasteiger partial charge in [-0.3, -0.25) is 4.79 Å². The molecular formula is C7H11NO4.